The number of halogens is 4. The van der Waals surface area contributed by atoms with Gasteiger partial charge >= 0.3 is 11.9 Å². The number of nitrogens with zero attached hydrogens (tertiary/aromatic N) is 3. The van der Waals surface area contributed by atoms with Gasteiger partial charge in [-0.1, -0.05) is 24.3 Å². The van der Waals surface area contributed by atoms with Gasteiger partial charge in [0.25, 0.3) is 5.91 Å². The van der Waals surface area contributed by atoms with E-state index in [0.29, 0.717) is 0 Å². The van der Waals surface area contributed by atoms with Crippen LogP contribution < -0.4 is 16.2 Å². The number of nitrogens with one attached hydrogen (secondary N) is 3. The Hall–Kier alpha value is -4.29. The second kappa shape index (κ2) is 8.61. The van der Waals surface area contributed by atoms with E-state index in [4.69, 9.17) is 0 Å². The fourth-order valence-corrected chi connectivity index (χ4v) is 2.53. The van der Waals surface area contributed by atoms with E-state index in [0.717, 1.165) is 30.6 Å². The molecule has 31 heavy (non-hydrogen) atoms. The second-order valence-corrected chi connectivity index (χ2v) is 5.90. The molecule has 3 N–H and O–H groups in total. The van der Waals surface area contributed by atoms with Gasteiger partial charge in [0.1, 0.15) is 12.1 Å². The van der Waals surface area contributed by atoms with Gasteiger partial charge in [-0.05, 0) is 24.3 Å². The van der Waals surface area contributed by atoms with Crippen LogP contribution >= 0.6 is 0 Å². The number of para-hydroxylation sites is 1. The normalized spacial score (nSPS) is 11.0. The third kappa shape index (κ3) is 4.83. The lowest BCUT2D eigenvalue weighted by atomic mass is 10.1. The number of carbonyl (C=O) groups excluding carboxylic acids is 1. The van der Waals surface area contributed by atoms with E-state index in [9.17, 15) is 32.5 Å². The zero-order valence-corrected chi connectivity index (χ0v) is 15.3. The molecule has 0 spiro atoms. The van der Waals surface area contributed by atoms with Crippen LogP contribution in [0.15, 0.2) is 54.9 Å². The minimum absolute atomic E-state index is 0.343. The van der Waals surface area contributed by atoms with E-state index in [1.807, 2.05) is 5.43 Å². The summed E-state index contributed by atoms with van der Waals surface area (Å²) in [4.78, 5) is 29.9. The predicted octanol–water partition coefficient (Wildman–Crippen LogP) is 4.04. The van der Waals surface area contributed by atoms with Crippen LogP contribution in [0.1, 0.15) is 15.9 Å². The third-order valence-electron chi connectivity index (χ3n) is 3.90. The molecule has 0 bridgehead atoms. The lowest BCUT2D eigenvalue weighted by Gasteiger charge is -2.15. The zero-order chi connectivity index (χ0) is 22.6. The maximum atomic E-state index is 13.7. The number of amides is 1. The lowest BCUT2D eigenvalue weighted by molar-refractivity contribution is -0.383. The minimum Gasteiger partial charge on any atom is -0.334 e. The lowest BCUT2D eigenvalue weighted by Crippen LogP contribution is -2.31. The molecule has 0 saturated carbocycles. The Morgan fingerprint density at radius 1 is 1.00 bits per heavy atom. The van der Waals surface area contributed by atoms with Gasteiger partial charge in [0.15, 0.2) is 0 Å². The van der Waals surface area contributed by atoms with Crippen LogP contribution in [-0.2, 0) is 6.18 Å². The first-order valence-corrected chi connectivity index (χ1v) is 8.42. The molecule has 3 rings (SSSR count). The molecule has 160 valence electrons. The minimum atomic E-state index is -4.72. The predicted molar refractivity (Wildman–Crippen MR) is 101 cm³/mol. The van der Waals surface area contributed by atoms with Gasteiger partial charge in [-0.2, -0.15) is 13.2 Å². The average Bonchev–Trinajstić information content (AvgIpc) is 2.72. The number of anilines is 3. The Balaban J connectivity index is 1.90. The summed E-state index contributed by atoms with van der Waals surface area (Å²) in [7, 11) is 0. The molecule has 0 aliphatic rings. The fraction of sp³-hybridized carbons (Fsp3) is 0.0556. The summed E-state index contributed by atoms with van der Waals surface area (Å²) in [6.45, 7) is 0. The van der Waals surface area contributed by atoms with Crippen LogP contribution in [0, 0.1) is 15.9 Å². The van der Waals surface area contributed by atoms with Gasteiger partial charge < -0.3 is 5.32 Å². The standard InChI is InChI=1S/C18H12F4N6O3/c19-12-7-3-1-5-10(12)17(29)27-26-16-14(28(30)31)15(23-9-24-16)25-13-8-4-2-6-11(13)18(20,21)22/h1-9H,(H,27,29)(H2,23,24,25,26). The monoisotopic (exact) mass is 436 g/mol. The number of benzene rings is 2. The summed E-state index contributed by atoms with van der Waals surface area (Å²) in [5.74, 6) is -2.87. The van der Waals surface area contributed by atoms with Gasteiger partial charge in [-0.15, -0.1) is 0 Å². The molecule has 1 amide bonds. The number of aromatic nitrogens is 2. The number of hydrazine groups is 1. The molecule has 0 radical (unpaired) electrons. The molecule has 0 unspecified atom stereocenters. The van der Waals surface area contributed by atoms with Gasteiger partial charge in [-0.25, -0.2) is 14.4 Å². The second-order valence-electron chi connectivity index (χ2n) is 5.90. The summed E-state index contributed by atoms with van der Waals surface area (Å²) in [5.41, 5.74) is 1.50. The first kappa shape index (κ1) is 21.4. The van der Waals surface area contributed by atoms with Crippen LogP contribution in [0.2, 0.25) is 0 Å². The van der Waals surface area contributed by atoms with Crippen LogP contribution in [0.5, 0.6) is 0 Å². The van der Waals surface area contributed by atoms with E-state index < -0.39 is 51.4 Å². The van der Waals surface area contributed by atoms with Crippen molar-refractivity contribution in [3.63, 3.8) is 0 Å². The van der Waals surface area contributed by atoms with E-state index in [1.165, 1.54) is 24.3 Å². The summed E-state index contributed by atoms with van der Waals surface area (Å²) < 4.78 is 53.3. The largest absolute Gasteiger partial charge is 0.418 e. The summed E-state index contributed by atoms with van der Waals surface area (Å²) in [6.07, 6.45) is -3.89. The molecule has 0 atom stereocenters. The SMILES string of the molecule is O=C(NNc1ncnc(Nc2ccccc2C(F)(F)F)c1[N+](=O)[O-])c1ccccc1F. The topological polar surface area (TPSA) is 122 Å². The van der Waals surface area contributed by atoms with E-state index >= 15 is 0 Å². The molecule has 0 aliphatic carbocycles. The molecule has 3 aromatic rings. The van der Waals surface area contributed by atoms with Crippen LogP contribution in [-0.4, -0.2) is 20.8 Å². The van der Waals surface area contributed by atoms with Crippen molar-refractivity contribution in [3.05, 3.63) is 81.9 Å². The Morgan fingerprint density at radius 3 is 2.32 bits per heavy atom. The van der Waals surface area contributed by atoms with Crippen LogP contribution in [0.4, 0.5) is 40.6 Å². The maximum Gasteiger partial charge on any atom is 0.418 e. The molecule has 0 aliphatic heterocycles. The molecule has 9 nitrogen and oxygen atoms in total. The number of hydrogen-bond donors (Lipinski definition) is 3. The number of rotatable bonds is 6. The van der Waals surface area contributed by atoms with Crippen molar-refractivity contribution in [3.8, 4) is 0 Å². The number of hydrogen-bond acceptors (Lipinski definition) is 7. The Labute approximate surface area is 171 Å². The molecular formula is C18H12F4N6O3. The summed E-state index contributed by atoms with van der Waals surface area (Å²) in [6, 6.07) is 9.33. The fourth-order valence-electron chi connectivity index (χ4n) is 2.53. The van der Waals surface area contributed by atoms with Gasteiger partial charge in [0.2, 0.25) is 11.6 Å². The van der Waals surface area contributed by atoms with E-state index in [2.05, 4.69) is 20.7 Å². The third-order valence-corrected chi connectivity index (χ3v) is 3.90. The van der Waals surface area contributed by atoms with Crippen molar-refractivity contribution < 1.29 is 27.3 Å². The van der Waals surface area contributed by atoms with E-state index in [1.54, 1.807) is 0 Å². The first-order valence-electron chi connectivity index (χ1n) is 8.42. The Morgan fingerprint density at radius 2 is 1.65 bits per heavy atom. The van der Waals surface area contributed by atoms with Crippen molar-refractivity contribution in [2.75, 3.05) is 10.7 Å². The van der Waals surface area contributed by atoms with E-state index in [-0.39, 0.29) is 5.56 Å². The van der Waals surface area contributed by atoms with Crippen LogP contribution in [0.3, 0.4) is 0 Å². The van der Waals surface area contributed by atoms with Gasteiger partial charge in [0.05, 0.1) is 21.7 Å². The molecule has 0 saturated heterocycles. The molecule has 1 aromatic heterocycles. The molecule has 0 fully saturated rings. The van der Waals surface area contributed by atoms with Crippen molar-refractivity contribution in [1.82, 2.24) is 15.4 Å². The summed E-state index contributed by atoms with van der Waals surface area (Å²) in [5, 5.41) is 13.8. The van der Waals surface area contributed by atoms with Gasteiger partial charge in [0, 0.05) is 0 Å². The van der Waals surface area contributed by atoms with Crippen molar-refractivity contribution in [1.29, 1.82) is 0 Å². The highest BCUT2D eigenvalue weighted by Crippen LogP contribution is 2.38. The van der Waals surface area contributed by atoms with Gasteiger partial charge in [-0.3, -0.25) is 25.8 Å². The smallest absolute Gasteiger partial charge is 0.334 e. The highest BCUT2D eigenvalue weighted by molar-refractivity contribution is 5.95. The van der Waals surface area contributed by atoms with Crippen molar-refractivity contribution in [2.45, 2.75) is 6.18 Å². The Kier molecular flexibility index (Phi) is 5.95. The highest BCUT2D eigenvalue weighted by atomic mass is 19.4. The number of carbonyl (C=O) groups is 1. The molecule has 1 heterocycles. The summed E-state index contributed by atoms with van der Waals surface area (Å²) >= 11 is 0. The van der Waals surface area contributed by atoms with Crippen molar-refractivity contribution in [2.24, 2.45) is 0 Å². The van der Waals surface area contributed by atoms with Crippen LogP contribution in [0.25, 0.3) is 0 Å². The first-order chi connectivity index (χ1) is 14.7. The number of alkyl halides is 3. The Bertz CT molecular complexity index is 1140. The molecular weight excluding hydrogens is 424 g/mol. The average molecular weight is 436 g/mol. The molecule has 2 aromatic carbocycles. The van der Waals surface area contributed by atoms with Crippen molar-refractivity contribution >= 4 is 28.9 Å². The highest BCUT2D eigenvalue weighted by Gasteiger charge is 2.34. The quantitative estimate of drug-likeness (QED) is 0.303. The zero-order valence-electron chi connectivity index (χ0n) is 15.3. The number of nitro groups is 1. The maximum absolute atomic E-state index is 13.7. The molecule has 13 heteroatoms.